The van der Waals surface area contributed by atoms with Crippen molar-refractivity contribution in [2.75, 3.05) is 0 Å². The first-order chi connectivity index (χ1) is 6.34. The summed E-state index contributed by atoms with van der Waals surface area (Å²) in [6, 6.07) is 4.69. The van der Waals surface area contributed by atoms with E-state index in [0.29, 0.717) is 5.56 Å². The first-order valence-corrected chi connectivity index (χ1v) is 4.64. The van der Waals surface area contributed by atoms with Crippen molar-refractivity contribution in [1.82, 2.24) is 0 Å². The SMILES string of the molecule is Cc1cccc(F)c1C(=O)C(C)(C)C. The molecule has 0 bridgehead atoms. The maximum Gasteiger partial charge on any atom is 0.171 e. The lowest BCUT2D eigenvalue weighted by molar-refractivity contribution is 0.0853. The molecule has 0 radical (unpaired) electrons. The lowest BCUT2D eigenvalue weighted by Gasteiger charge is -2.18. The molecular formula is C12H15FO. The molecule has 0 spiro atoms. The van der Waals surface area contributed by atoms with E-state index in [9.17, 15) is 9.18 Å². The largest absolute Gasteiger partial charge is 0.293 e. The molecular weight excluding hydrogens is 179 g/mol. The lowest BCUT2D eigenvalue weighted by Crippen LogP contribution is -2.22. The van der Waals surface area contributed by atoms with E-state index in [1.165, 1.54) is 6.07 Å². The van der Waals surface area contributed by atoms with Crippen molar-refractivity contribution in [2.45, 2.75) is 27.7 Å². The number of halogens is 1. The molecule has 2 heteroatoms. The second-order valence-corrected chi connectivity index (χ2v) is 4.51. The zero-order valence-electron chi connectivity index (χ0n) is 9.02. The summed E-state index contributed by atoms with van der Waals surface area (Å²) in [6.45, 7) is 7.13. The molecule has 0 aliphatic carbocycles. The Balaban J connectivity index is 3.26. The molecule has 0 saturated heterocycles. The monoisotopic (exact) mass is 194 g/mol. The van der Waals surface area contributed by atoms with Gasteiger partial charge in [-0.2, -0.15) is 0 Å². The lowest BCUT2D eigenvalue weighted by atomic mass is 9.85. The summed E-state index contributed by atoms with van der Waals surface area (Å²) in [5.41, 5.74) is 0.386. The number of carbonyl (C=O) groups excluding carboxylic acids is 1. The molecule has 0 unspecified atom stereocenters. The van der Waals surface area contributed by atoms with Crippen LogP contribution < -0.4 is 0 Å². The molecule has 0 atom stereocenters. The van der Waals surface area contributed by atoms with Gasteiger partial charge in [0, 0.05) is 5.41 Å². The highest BCUT2D eigenvalue weighted by atomic mass is 19.1. The van der Waals surface area contributed by atoms with Crippen LogP contribution in [0.25, 0.3) is 0 Å². The van der Waals surface area contributed by atoms with Crippen molar-refractivity contribution in [3.05, 3.63) is 35.1 Å². The molecule has 1 aromatic carbocycles. The number of Topliss-reactive ketones (excluding diaryl/α,β-unsaturated/α-hetero) is 1. The van der Waals surface area contributed by atoms with Gasteiger partial charge in [0.15, 0.2) is 5.78 Å². The highest BCUT2D eigenvalue weighted by Crippen LogP contribution is 2.24. The van der Waals surface area contributed by atoms with Crippen LogP contribution in [0.2, 0.25) is 0 Å². The van der Waals surface area contributed by atoms with Crippen LogP contribution >= 0.6 is 0 Å². The van der Waals surface area contributed by atoms with Crippen molar-refractivity contribution in [2.24, 2.45) is 5.41 Å². The van der Waals surface area contributed by atoms with Crippen LogP contribution in [0.15, 0.2) is 18.2 Å². The summed E-state index contributed by atoms with van der Waals surface area (Å²) in [7, 11) is 0. The van der Waals surface area contributed by atoms with Crippen molar-refractivity contribution in [3.8, 4) is 0 Å². The number of hydrogen-bond donors (Lipinski definition) is 0. The molecule has 0 saturated carbocycles. The molecule has 0 fully saturated rings. The van der Waals surface area contributed by atoms with Crippen LogP contribution in [0, 0.1) is 18.2 Å². The summed E-state index contributed by atoms with van der Waals surface area (Å²) in [5, 5.41) is 0. The zero-order valence-corrected chi connectivity index (χ0v) is 9.02. The molecule has 0 aliphatic heterocycles. The normalized spacial score (nSPS) is 11.5. The molecule has 1 aromatic rings. The van der Waals surface area contributed by atoms with Gasteiger partial charge in [0.1, 0.15) is 5.82 Å². The molecule has 1 nitrogen and oxygen atoms in total. The third-order valence-corrected chi connectivity index (χ3v) is 2.13. The average molecular weight is 194 g/mol. The van der Waals surface area contributed by atoms with Gasteiger partial charge < -0.3 is 0 Å². The molecule has 14 heavy (non-hydrogen) atoms. The van der Waals surface area contributed by atoms with E-state index in [0.717, 1.165) is 0 Å². The summed E-state index contributed by atoms with van der Waals surface area (Å²) in [5.74, 6) is -0.571. The molecule has 0 amide bonds. The van der Waals surface area contributed by atoms with Crippen molar-refractivity contribution in [1.29, 1.82) is 0 Å². The first-order valence-electron chi connectivity index (χ1n) is 4.64. The maximum absolute atomic E-state index is 13.4. The minimum absolute atomic E-state index is 0.145. The molecule has 0 N–H and O–H groups in total. The zero-order chi connectivity index (χ0) is 10.9. The van der Waals surface area contributed by atoms with E-state index < -0.39 is 11.2 Å². The molecule has 0 heterocycles. The molecule has 0 aliphatic rings. The fraction of sp³-hybridized carbons (Fsp3) is 0.417. The minimum atomic E-state index is -0.535. The Morgan fingerprint density at radius 2 is 1.86 bits per heavy atom. The fourth-order valence-corrected chi connectivity index (χ4v) is 1.29. The van der Waals surface area contributed by atoms with Crippen molar-refractivity contribution >= 4 is 5.78 Å². The summed E-state index contributed by atoms with van der Waals surface area (Å²) >= 11 is 0. The number of rotatable bonds is 1. The second-order valence-electron chi connectivity index (χ2n) is 4.51. The number of ketones is 1. The Hall–Kier alpha value is -1.18. The van der Waals surface area contributed by atoms with Crippen LogP contribution in [-0.2, 0) is 0 Å². The number of hydrogen-bond acceptors (Lipinski definition) is 1. The van der Waals surface area contributed by atoms with Gasteiger partial charge >= 0.3 is 0 Å². The topological polar surface area (TPSA) is 17.1 Å². The van der Waals surface area contributed by atoms with Gasteiger partial charge in [0.2, 0.25) is 0 Å². The van der Waals surface area contributed by atoms with Crippen LogP contribution in [0.3, 0.4) is 0 Å². The molecule has 1 rings (SSSR count). The van der Waals surface area contributed by atoms with Gasteiger partial charge in [-0.05, 0) is 18.6 Å². The summed E-state index contributed by atoms with van der Waals surface area (Å²) in [6.07, 6.45) is 0. The van der Waals surface area contributed by atoms with Gasteiger partial charge in [-0.15, -0.1) is 0 Å². The number of benzene rings is 1. The first kappa shape index (κ1) is 10.9. The number of aryl methyl sites for hydroxylation is 1. The third-order valence-electron chi connectivity index (χ3n) is 2.13. The average Bonchev–Trinajstić information content (AvgIpc) is 2.01. The smallest absolute Gasteiger partial charge is 0.171 e. The number of carbonyl (C=O) groups is 1. The standard InChI is InChI=1S/C12H15FO/c1-8-6-5-7-9(13)10(8)11(14)12(2,3)4/h5-7H,1-4H3. The highest BCUT2D eigenvalue weighted by molar-refractivity contribution is 6.01. The van der Waals surface area contributed by atoms with Crippen LogP contribution in [0.5, 0.6) is 0 Å². The van der Waals surface area contributed by atoms with Gasteiger partial charge in [0.25, 0.3) is 0 Å². The van der Waals surface area contributed by atoms with E-state index in [-0.39, 0.29) is 11.3 Å². The molecule has 0 aromatic heterocycles. The predicted molar refractivity (Wildman–Crippen MR) is 54.9 cm³/mol. The highest BCUT2D eigenvalue weighted by Gasteiger charge is 2.26. The van der Waals surface area contributed by atoms with Gasteiger partial charge in [-0.3, -0.25) is 4.79 Å². The van der Waals surface area contributed by atoms with Crippen molar-refractivity contribution < 1.29 is 9.18 Å². The van der Waals surface area contributed by atoms with E-state index in [1.807, 2.05) is 0 Å². The Morgan fingerprint density at radius 1 is 1.29 bits per heavy atom. The quantitative estimate of drug-likeness (QED) is 0.626. The maximum atomic E-state index is 13.4. The van der Waals surface area contributed by atoms with Crippen LogP contribution in [0.1, 0.15) is 36.7 Å². The van der Waals surface area contributed by atoms with E-state index in [1.54, 1.807) is 39.8 Å². The fourth-order valence-electron chi connectivity index (χ4n) is 1.29. The second kappa shape index (κ2) is 3.52. The van der Waals surface area contributed by atoms with Crippen LogP contribution in [-0.4, -0.2) is 5.78 Å². The minimum Gasteiger partial charge on any atom is -0.293 e. The Labute approximate surface area is 83.9 Å². The summed E-state index contributed by atoms with van der Waals surface area (Å²) < 4.78 is 13.4. The van der Waals surface area contributed by atoms with E-state index in [2.05, 4.69) is 0 Å². The van der Waals surface area contributed by atoms with Gasteiger partial charge in [-0.25, -0.2) is 4.39 Å². The third kappa shape index (κ3) is 2.00. The Morgan fingerprint density at radius 3 is 2.29 bits per heavy atom. The van der Waals surface area contributed by atoms with E-state index in [4.69, 9.17) is 0 Å². The molecule has 76 valence electrons. The van der Waals surface area contributed by atoms with Gasteiger partial charge in [-0.1, -0.05) is 32.9 Å². The summed E-state index contributed by atoms with van der Waals surface area (Å²) in [4.78, 5) is 11.9. The van der Waals surface area contributed by atoms with E-state index >= 15 is 0 Å². The van der Waals surface area contributed by atoms with Gasteiger partial charge in [0.05, 0.1) is 5.56 Å². The van der Waals surface area contributed by atoms with Crippen LogP contribution in [0.4, 0.5) is 4.39 Å². The Kier molecular flexibility index (Phi) is 2.74. The Bertz CT molecular complexity index is 341. The van der Waals surface area contributed by atoms with Crippen molar-refractivity contribution in [3.63, 3.8) is 0 Å². The predicted octanol–water partition coefficient (Wildman–Crippen LogP) is 3.36.